The van der Waals surface area contributed by atoms with Crippen molar-refractivity contribution in [3.8, 4) is 0 Å². The number of amides is 2. The first-order chi connectivity index (χ1) is 11.8. The third-order valence-corrected chi connectivity index (χ3v) is 4.90. The van der Waals surface area contributed by atoms with Crippen molar-refractivity contribution in [2.75, 3.05) is 32.8 Å². The fraction of sp³-hybridized carbons (Fsp3) is 0.895. The molecule has 2 saturated heterocycles. The predicted octanol–water partition coefficient (Wildman–Crippen LogP) is 3.05. The number of hydrogen-bond acceptors (Lipinski definition) is 4. The molecule has 2 aliphatic heterocycles. The molecule has 2 amide bonds. The molecule has 2 rings (SSSR count). The van der Waals surface area contributed by atoms with E-state index in [0.717, 1.165) is 32.1 Å². The summed E-state index contributed by atoms with van der Waals surface area (Å²) in [4.78, 5) is 29.2. The summed E-state index contributed by atoms with van der Waals surface area (Å²) in [7, 11) is 0. The van der Waals surface area contributed by atoms with Gasteiger partial charge in [0.1, 0.15) is 5.60 Å². The minimum absolute atomic E-state index is 0.122. The van der Waals surface area contributed by atoms with E-state index < -0.39 is 5.60 Å². The molecule has 144 valence electrons. The van der Waals surface area contributed by atoms with Crippen LogP contribution >= 0.6 is 0 Å². The number of likely N-dealkylation sites (tertiary alicyclic amines) is 1. The molecule has 0 spiro atoms. The van der Waals surface area contributed by atoms with Crippen LogP contribution in [0, 0.1) is 5.92 Å². The van der Waals surface area contributed by atoms with Crippen LogP contribution in [0.3, 0.4) is 0 Å². The topological polar surface area (TPSA) is 59.1 Å². The molecule has 2 unspecified atom stereocenters. The summed E-state index contributed by atoms with van der Waals surface area (Å²) < 4.78 is 10.9. The number of morpholine rings is 1. The lowest BCUT2D eigenvalue weighted by Gasteiger charge is -2.41. The van der Waals surface area contributed by atoms with E-state index in [1.54, 1.807) is 0 Å². The first-order valence-electron chi connectivity index (χ1n) is 9.68. The summed E-state index contributed by atoms with van der Waals surface area (Å²) in [5.74, 6) is 0.0364. The molecule has 6 nitrogen and oxygen atoms in total. The van der Waals surface area contributed by atoms with Gasteiger partial charge in [0.05, 0.1) is 19.1 Å². The lowest BCUT2D eigenvalue weighted by atomic mass is 9.89. The van der Waals surface area contributed by atoms with Gasteiger partial charge in [0.2, 0.25) is 5.91 Å². The highest BCUT2D eigenvalue weighted by Crippen LogP contribution is 2.28. The van der Waals surface area contributed by atoms with E-state index in [1.165, 1.54) is 0 Å². The van der Waals surface area contributed by atoms with Crippen molar-refractivity contribution in [3.63, 3.8) is 0 Å². The number of ether oxygens (including phenoxy) is 2. The van der Waals surface area contributed by atoms with Crippen LogP contribution in [0.25, 0.3) is 0 Å². The van der Waals surface area contributed by atoms with Crippen molar-refractivity contribution in [1.82, 2.24) is 9.80 Å². The number of hydrogen-bond donors (Lipinski definition) is 0. The molecule has 0 aromatic heterocycles. The fourth-order valence-corrected chi connectivity index (χ4v) is 3.55. The van der Waals surface area contributed by atoms with Gasteiger partial charge in [0.25, 0.3) is 0 Å². The lowest BCUT2D eigenvalue weighted by molar-refractivity contribution is -0.141. The Morgan fingerprint density at radius 2 is 1.84 bits per heavy atom. The quantitative estimate of drug-likeness (QED) is 0.778. The van der Waals surface area contributed by atoms with Gasteiger partial charge in [-0.2, -0.15) is 0 Å². The molecule has 0 aromatic rings. The third kappa shape index (κ3) is 5.87. The zero-order valence-electron chi connectivity index (χ0n) is 16.3. The Bertz CT molecular complexity index is 455. The van der Waals surface area contributed by atoms with Crippen LogP contribution < -0.4 is 0 Å². The normalized spacial score (nSPS) is 25.0. The molecule has 0 saturated carbocycles. The van der Waals surface area contributed by atoms with Gasteiger partial charge in [-0.3, -0.25) is 4.79 Å². The average molecular weight is 354 g/mol. The molecule has 2 atom stereocenters. The van der Waals surface area contributed by atoms with Crippen molar-refractivity contribution in [1.29, 1.82) is 0 Å². The maximum absolute atomic E-state index is 12.8. The van der Waals surface area contributed by atoms with Gasteiger partial charge in [0, 0.05) is 25.7 Å². The molecule has 6 heteroatoms. The Balaban J connectivity index is 2.03. The fourth-order valence-electron chi connectivity index (χ4n) is 3.55. The molecule has 0 aliphatic carbocycles. The third-order valence-electron chi connectivity index (χ3n) is 4.90. The number of nitrogens with zero attached hydrogens (tertiary/aromatic N) is 2. The molecule has 0 aromatic carbocycles. The molecule has 2 fully saturated rings. The van der Waals surface area contributed by atoms with Gasteiger partial charge < -0.3 is 19.3 Å². The van der Waals surface area contributed by atoms with E-state index in [9.17, 15) is 9.59 Å². The van der Waals surface area contributed by atoms with Gasteiger partial charge in [0.15, 0.2) is 0 Å². The van der Waals surface area contributed by atoms with E-state index in [1.807, 2.05) is 30.6 Å². The zero-order valence-corrected chi connectivity index (χ0v) is 16.3. The first kappa shape index (κ1) is 20.0. The second-order valence-corrected chi connectivity index (χ2v) is 8.14. The molecule has 0 radical (unpaired) electrons. The van der Waals surface area contributed by atoms with Crippen LogP contribution in [0.15, 0.2) is 0 Å². The highest BCUT2D eigenvalue weighted by molar-refractivity contribution is 5.80. The molecule has 0 bridgehead atoms. The highest BCUT2D eigenvalue weighted by atomic mass is 16.6. The largest absolute Gasteiger partial charge is 0.444 e. The Labute approximate surface area is 151 Å². The van der Waals surface area contributed by atoms with Gasteiger partial charge in [-0.25, -0.2) is 4.79 Å². The Hall–Kier alpha value is -1.30. The minimum Gasteiger partial charge on any atom is -0.444 e. The maximum Gasteiger partial charge on any atom is 0.410 e. The highest BCUT2D eigenvalue weighted by Gasteiger charge is 2.38. The molecule has 2 heterocycles. The first-order valence-corrected chi connectivity index (χ1v) is 9.68. The second-order valence-electron chi connectivity index (χ2n) is 8.14. The SMILES string of the molecule is CCCCC1CCC(C(=O)N2CCOCC2)CN1C(=O)OC(C)(C)C. The molecular weight excluding hydrogens is 320 g/mol. The monoisotopic (exact) mass is 354 g/mol. The summed E-state index contributed by atoms with van der Waals surface area (Å²) in [5.41, 5.74) is -0.520. The van der Waals surface area contributed by atoms with E-state index >= 15 is 0 Å². The van der Waals surface area contributed by atoms with Crippen molar-refractivity contribution in [3.05, 3.63) is 0 Å². The maximum atomic E-state index is 12.8. The molecule has 2 aliphatic rings. The van der Waals surface area contributed by atoms with Crippen LogP contribution in [0.1, 0.15) is 59.8 Å². The number of unbranched alkanes of at least 4 members (excludes halogenated alkanes) is 1. The molecule has 0 N–H and O–H groups in total. The van der Waals surface area contributed by atoms with E-state index in [4.69, 9.17) is 9.47 Å². The van der Waals surface area contributed by atoms with E-state index in [2.05, 4.69) is 6.92 Å². The van der Waals surface area contributed by atoms with Crippen LogP contribution in [0.4, 0.5) is 4.79 Å². The zero-order chi connectivity index (χ0) is 18.4. The summed E-state index contributed by atoms with van der Waals surface area (Å²) in [6, 6.07) is 0.184. The number of piperidine rings is 1. The van der Waals surface area contributed by atoms with Gasteiger partial charge >= 0.3 is 6.09 Å². The summed E-state index contributed by atoms with van der Waals surface area (Å²) in [5, 5.41) is 0. The van der Waals surface area contributed by atoms with Crippen LogP contribution in [0.2, 0.25) is 0 Å². The summed E-state index contributed by atoms with van der Waals surface area (Å²) in [6.07, 6.45) is 4.62. The van der Waals surface area contributed by atoms with Crippen LogP contribution in [0.5, 0.6) is 0 Å². The average Bonchev–Trinajstić information content (AvgIpc) is 2.58. The van der Waals surface area contributed by atoms with Crippen molar-refractivity contribution in [2.45, 2.75) is 71.4 Å². The Morgan fingerprint density at radius 3 is 2.44 bits per heavy atom. The lowest BCUT2D eigenvalue weighted by Crippen LogP contribution is -2.53. The van der Waals surface area contributed by atoms with Crippen molar-refractivity contribution >= 4 is 12.0 Å². The molecular formula is C19H34N2O4. The predicted molar refractivity (Wildman–Crippen MR) is 96.4 cm³/mol. The second kappa shape index (κ2) is 8.88. The summed E-state index contributed by atoms with van der Waals surface area (Å²) >= 11 is 0. The number of rotatable bonds is 4. The van der Waals surface area contributed by atoms with Crippen LogP contribution in [-0.4, -0.2) is 66.3 Å². The minimum atomic E-state index is -0.520. The van der Waals surface area contributed by atoms with Gasteiger partial charge in [-0.15, -0.1) is 0 Å². The number of carbonyl (C=O) groups is 2. The Kier molecular flexibility index (Phi) is 7.11. The van der Waals surface area contributed by atoms with Crippen molar-refractivity contribution in [2.24, 2.45) is 5.92 Å². The summed E-state index contributed by atoms with van der Waals surface area (Å²) in [6.45, 7) is 10.8. The van der Waals surface area contributed by atoms with Gasteiger partial charge in [-0.1, -0.05) is 19.8 Å². The van der Waals surface area contributed by atoms with E-state index in [0.29, 0.717) is 32.8 Å². The molecule has 25 heavy (non-hydrogen) atoms. The standard InChI is InChI=1S/C19H34N2O4/c1-5-6-7-16-9-8-15(17(22)20-10-12-24-13-11-20)14-21(16)18(23)25-19(2,3)4/h15-16H,5-14H2,1-4H3. The van der Waals surface area contributed by atoms with Crippen LogP contribution in [-0.2, 0) is 14.3 Å². The van der Waals surface area contributed by atoms with Crippen molar-refractivity contribution < 1.29 is 19.1 Å². The smallest absolute Gasteiger partial charge is 0.410 e. The van der Waals surface area contributed by atoms with E-state index in [-0.39, 0.29) is 24.0 Å². The number of carbonyl (C=O) groups excluding carboxylic acids is 2. The van der Waals surface area contributed by atoms with Gasteiger partial charge in [-0.05, 0) is 40.0 Å². The Morgan fingerprint density at radius 1 is 1.16 bits per heavy atom.